The van der Waals surface area contributed by atoms with Crippen molar-refractivity contribution < 1.29 is 4.74 Å². The fourth-order valence-electron chi connectivity index (χ4n) is 1.95. The van der Waals surface area contributed by atoms with E-state index in [1.54, 1.807) is 0 Å². The van der Waals surface area contributed by atoms with Crippen molar-refractivity contribution in [3.8, 4) is 0 Å². The number of hydrogen-bond acceptors (Lipinski definition) is 3. The molecule has 2 rings (SSSR count). The zero-order valence-corrected chi connectivity index (χ0v) is 13.5. The third-order valence-electron chi connectivity index (χ3n) is 2.98. The smallest absolute Gasteiger partial charge is 0.207 e. The summed E-state index contributed by atoms with van der Waals surface area (Å²) in [6, 6.07) is 6.22. The van der Waals surface area contributed by atoms with Crippen LogP contribution in [0.1, 0.15) is 18.9 Å². The summed E-state index contributed by atoms with van der Waals surface area (Å²) in [6.45, 7) is 6.53. The molecule has 0 aliphatic heterocycles. The number of nitrogens with one attached hydrogen (secondary N) is 1. The predicted molar refractivity (Wildman–Crippen MR) is 85.5 cm³/mol. The zero-order valence-electron chi connectivity index (χ0n) is 11.9. The molecule has 1 aromatic heterocycles. The first-order valence-electron chi connectivity index (χ1n) is 6.82. The van der Waals surface area contributed by atoms with Gasteiger partial charge in [0.15, 0.2) is 0 Å². The van der Waals surface area contributed by atoms with Crippen molar-refractivity contribution in [3.05, 3.63) is 40.6 Å². The fraction of sp³-hybridized carbons (Fsp3) is 0.400. The quantitative estimate of drug-likeness (QED) is 0.772. The Morgan fingerprint density at radius 1 is 1.40 bits per heavy atom. The molecule has 2 aromatic rings. The van der Waals surface area contributed by atoms with E-state index in [2.05, 4.69) is 49.9 Å². The molecule has 5 heteroatoms. The van der Waals surface area contributed by atoms with Crippen LogP contribution in [0.2, 0.25) is 0 Å². The third-order valence-corrected chi connectivity index (χ3v) is 3.67. The molecule has 1 aromatic carbocycles. The molecule has 0 spiro atoms. The number of nitrogens with zero attached hydrogens (tertiary/aromatic N) is 2. The molecule has 0 aliphatic carbocycles. The number of halogens is 1. The Morgan fingerprint density at radius 3 is 3.05 bits per heavy atom. The van der Waals surface area contributed by atoms with Crippen molar-refractivity contribution in [3.63, 3.8) is 0 Å². The molecule has 0 bridgehead atoms. The average Bonchev–Trinajstić information content (AvgIpc) is 2.86. The van der Waals surface area contributed by atoms with Gasteiger partial charge in [0.1, 0.15) is 0 Å². The number of aryl methyl sites for hydroxylation is 2. The molecular formula is C15H20BrN3O. The van der Waals surface area contributed by atoms with Gasteiger partial charge in [-0.1, -0.05) is 6.07 Å². The maximum absolute atomic E-state index is 5.36. The van der Waals surface area contributed by atoms with Gasteiger partial charge in [-0.3, -0.25) is 0 Å². The number of aromatic nitrogens is 2. The van der Waals surface area contributed by atoms with Gasteiger partial charge in [0.05, 0.1) is 5.69 Å². The van der Waals surface area contributed by atoms with Gasteiger partial charge in [-0.15, -0.1) is 0 Å². The van der Waals surface area contributed by atoms with E-state index in [1.807, 2.05) is 25.4 Å². The van der Waals surface area contributed by atoms with Crippen LogP contribution in [0.3, 0.4) is 0 Å². The molecule has 0 fully saturated rings. The molecule has 1 N–H and O–H groups in total. The summed E-state index contributed by atoms with van der Waals surface area (Å²) in [6.07, 6.45) is 4.78. The van der Waals surface area contributed by atoms with Crippen LogP contribution in [0.4, 0.5) is 11.6 Å². The lowest BCUT2D eigenvalue weighted by molar-refractivity contribution is 0.142. The van der Waals surface area contributed by atoms with Crippen molar-refractivity contribution in [2.45, 2.75) is 26.8 Å². The highest BCUT2D eigenvalue weighted by atomic mass is 79.9. The molecule has 4 nitrogen and oxygen atoms in total. The topological polar surface area (TPSA) is 39.1 Å². The summed E-state index contributed by atoms with van der Waals surface area (Å²) in [5, 5.41) is 3.37. The Labute approximate surface area is 128 Å². The highest BCUT2D eigenvalue weighted by Crippen LogP contribution is 2.26. The summed E-state index contributed by atoms with van der Waals surface area (Å²) < 4.78 is 8.50. The monoisotopic (exact) mass is 337 g/mol. The van der Waals surface area contributed by atoms with E-state index in [9.17, 15) is 0 Å². The third kappa shape index (κ3) is 4.08. The van der Waals surface area contributed by atoms with Crippen molar-refractivity contribution >= 4 is 27.6 Å². The number of anilines is 2. The molecule has 20 heavy (non-hydrogen) atoms. The number of hydrogen-bond donors (Lipinski definition) is 1. The Morgan fingerprint density at radius 2 is 2.25 bits per heavy atom. The van der Waals surface area contributed by atoms with E-state index in [1.165, 1.54) is 5.56 Å². The van der Waals surface area contributed by atoms with Crippen LogP contribution in [-0.2, 0) is 11.3 Å². The van der Waals surface area contributed by atoms with Crippen LogP contribution < -0.4 is 5.32 Å². The molecule has 0 amide bonds. The summed E-state index contributed by atoms with van der Waals surface area (Å²) in [5.41, 5.74) is 2.24. The zero-order chi connectivity index (χ0) is 14.4. The van der Waals surface area contributed by atoms with Gasteiger partial charge >= 0.3 is 0 Å². The number of imidazole rings is 1. The Bertz CT molecular complexity index is 554. The SMILES string of the molecule is CCOCCCn1ccnc1Nc1cc(C)ccc1Br. The number of rotatable bonds is 7. The first-order chi connectivity index (χ1) is 9.70. The molecule has 0 unspecified atom stereocenters. The predicted octanol–water partition coefficient (Wildman–Crippen LogP) is 4.12. The fourth-order valence-corrected chi connectivity index (χ4v) is 2.30. The van der Waals surface area contributed by atoms with E-state index < -0.39 is 0 Å². The van der Waals surface area contributed by atoms with E-state index in [0.717, 1.165) is 42.3 Å². The largest absolute Gasteiger partial charge is 0.382 e. The van der Waals surface area contributed by atoms with E-state index in [4.69, 9.17) is 4.74 Å². The maximum Gasteiger partial charge on any atom is 0.207 e. The van der Waals surface area contributed by atoms with Gasteiger partial charge in [0, 0.05) is 36.6 Å². The Kier molecular flexibility index (Phi) is 5.61. The average molecular weight is 338 g/mol. The van der Waals surface area contributed by atoms with Gasteiger partial charge < -0.3 is 14.6 Å². The van der Waals surface area contributed by atoms with E-state index in [0.29, 0.717) is 0 Å². The second kappa shape index (κ2) is 7.45. The summed E-state index contributed by atoms with van der Waals surface area (Å²) in [4.78, 5) is 4.37. The van der Waals surface area contributed by atoms with Gasteiger partial charge in [0.2, 0.25) is 5.95 Å². The number of ether oxygens (including phenoxy) is 1. The summed E-state index contributed by atoms with van der Waals surface area (Å²) in [7, 11) is 0. The van der Waals surface area contributed by atoms with Crippen molar-refractivity contribution in [2.75, 3.05) is 18.5 Å². The first-order valence-corrected chi connectivity index (χ1v) is 7.62. The van der Waals surface area contributed by atoms with Crippen LogP contribution in [0.15, 0.2) is 35.1 Å². The van der Waals surface area contributed by atoms with Crippen LogP contribution >= 0.6 is 15.9 Å². The second-order valence-electron chi connectivity index (χ2n) is 4.60. The maximum atomic E-state index is 5.36. The van der Waals surface area contributed by atoms with Crippen molar-refractivity contribution in [2.24, 2.45) is 0 Å². The van der Waals surface area contributed by atoms with Crippen LogP contribution in [0.25, 0.3) is 0 Å². The minimum absolute atomic E-state index is 0.769. The molecule has 0 atom stereocenters. The lowest BCUT2D eigenvalue weighted by Crippen LogP contribution is -2.06. The van der Waals surface area contributed by atoms with Gasteiger partial charge in [-0.2, -0.15) is 0 Å². The van der Waals surface area contributed by atoms with Crippen LogP contribution in [-0.4, -0.2) is 22.8 Å². The van der Waals surface area contributed by atoms with Crippen molar-refractivity contribution in [1.29, 1.82) is 0 Å². The molecule has 0 aliphatic rings. The first kappa shape index (κ1) is 15.1. The Hall–Kier alpha value is -1.33. The molecular weight excluding hydrogens is 318 g/mol. The lowest BCUT2D eigenvalue weighted by atomic mass is 10.2. The van der Waals surface area contributed by atoms with E-state index in [-0.39, 0.29) is 0 Å². The van der Waals surface area contributed by atoms with Crippen molar-refractivity contribution in [1.82, 2.24) is 9.55 Å². The van der Waals surface area contributed by atoms with Gasteiger partial charge in [-0.05, 0) is 53.9 Å². The molecule has 1 heterocycles. The molecule has 0 saturated heterocycles. The lowest BCUT2D eigenvalue weighted by Gasteiger charge is -2.11. The number of benzene rings is 1. The van der Waals surface area contributed by atoms with Crippen LogP contribution in [0.5, 0.6) is 0 Å². The normalized spacial score (nSPS) is 10.8. The molecule has 0 radical (unpaired) electrons. The summed E-state index contributed by atoms with van der Waals surface area (Å²) in [5.74, 6) is 0.854. The van der Waals surface area contributed by atoms with E-state index >= 15 is 0 Å². The van der Waals surface area contributed by atoms with Crippen LogP contribution in [0, 0.1) is 6.92 Å². The second-order valence-corrected chi connectivity index (χ2v) is 5.46. The van der Waals surface area contributed by atoms with Gasteiger partial charge in [-0.25, -0.2) is 4.98 Å². The highest BCUT2D eigenvalue weighted by Gasteiger charge is 2.06. The minimum Gasteiger partial charge on any atom is -0.382 e. The minimum atomic E-state index is 0.769. The highest BCUT2D eigenvalue weighted by molar-refractivity contribution is 9.10. The molecule has 108 valence electrons. The summed E-state index contributed by atoms with van der Waals surface area (Å²) >= 11 is 3.55. The Balaban J connectivity index is 2.02. The standard InChI is InChI=1S/C15H20BrN3O/c1-3-20-10-4-8-19-9-7-17-15(19)18-14-11-12(2)5-6-13(14)16/h5-7,9,11H,3-4,8,10H2,1-2H3,(H,17,18). The van der Waals surface area contributed by atoms with Gasteiger partial charge in [0.25, 0.3) is 0 Å². The molecule has 0 saturated carbocycles.